The number of ether oxygens (including phenoxy) is 1. The lowest BCUT2D eigenvalue weighted by molar-refractivity contribution is -0.316. The summed E-state index contributed by atoms with van der Waals surface area (Å²) in [4.78, 5) is 11.6. The van der Waals surface area contributed by atoms with Crippen LogP contribution in [0.2, 0.25) is 0 Å². The highest BCUT2D eigenvalue weighted by Gasteiger charge is 2.60. The Morgan fingerprint density at radius 1 is 1.05 bits per heavy atom. The molecule has 0 fully saturated rings. The van der Waals surface area contributed by atoms with Gasteiger partial charge in [-0.3, -0.25) is 4.79 Å². The number of hydrogen-bond donors (Lipinski definition) is 0. The molecular weight excluding hydrogens is 278 g/mol. The Hall–Kier alpha value is -0.950. The molecule has 0 saturated carbocycles. The summed E-state index contributed by atoms with van der Waals surface area (Å²) in [5.41, 5.74) is -1.39. The molecule has 0 saturated heterocycles. The monoisotopic (exact) mass is 294 g/mol. The molecule has 0 aromatic rings. The van der Waals surface area contributed by atoms with E-state index in [0.717, 1.165) is 0 Å². The molecule has 2 nitrogen and oxygen atoms in total. The molecule has 0 rings (SSSR count). The summed E-state index contributed by atoms with van der Waals surface area (Å²) in [6.45, 7) is 5.84. The average molecular weight is 294 g/mol. The lowest BCUT2D eigenvalue weighted by Crippen LogP contribution is -2.48. The van der Waals surface area contributed by atoms with Crippen LogP contribution in [-0.2, 0) is 9.53 Å². The Kier molecular flexibility index (Phi) is 5.30. The van der Waals surface area contributed by atoms with E-state index in [9.17, 15) is 31.1 Å². The van der Waals surface area contributed by atoms with Gasteiger partial charge in [0.25, 0.3) is 6.10 Å². The molecule has 0 spiro atoms. The van der Waals surface area contributed by atoms with Crippen molar-refractivity contribution in [2.75, 3.05) is 0 Å². The van der Waals surface area contributed by atoms with Crippen LogP contribution in [0.25, 0.3) is 0 Å². The van der Waals surface area contributed by atoms with Crippen LogP contribution in [0.3, 0.4) is 0 Å². The van der Waals surface area contributed by atoms with Crippen LogP contribution in [0, 0.1) is 11.3 Å². The lowest BCUT2D eigenvalue weighted by atomic mass is 9.77. The van der Waals surface area contributed by atoms with E-state index >= 15 is 0 Å². The van der Waals surface area contributed by atoms with Gasteiger partial charge in [-0.1, -0.05) is 20.8 Å². The van der Waals surface area contributed by atoms with Gasteiger partial charge >= 0.3 is 18.3 Å². The fourth-order valence-corrected chi connectivity index (χ4v) is 1.35. The molecule has 0 aliphatic rings. The van der Waals surface area contributed by atoms with Crippen LogP contribution in [-0.4, -0.2) is 24.4 Å². The maximum atomic E-state index is 12.3. The van der Waals surface area contributed by atoms with E-state index < -0.39 is 35.8 Å². The predicted molar refractivity (Wildman–Crippen MR) is 55.2 cm³/mol. The molecule has 114 valence electrons. The molecule has 0 aliphatic carbocycles. The van der Waals surface area contributed by atoms with Crippen LogP contribution in [0.1, 0.15) is 34.1 Å². The van der Waals surface area contributed by atoms with E-state index in [1.54, 1.807) is 0 Å². The highest BCUT2D eigenvalue weighted by Crippen LogP contribution is 2.39. The van der Waals surface area contributed by atoms with Gasteiger partial charge in [-0.05, 0) is 19.3 Å². The normalized spacial score (nSPS) is 16.6. The summed E-state index contributed by atoms with van der Waals surface area (Å²) in [5, 5.41) is 0. The first-order valence-corrected chi connectivity index (χ1v) is 5.61. The van der Waals surface area contributed by atoms with Gasteiger partial charge in [0.2, 0.25) is 0 Å². The number of esters is 1. The van der Waals surface area contributed by atoms with Crippen molar-refractivity contribution >= 4 is 5.97 Å². The Labute approximate surface area is 107 Å². The third-order valence-corrected chi connectivity index (χ3v) is 3.29. The van der Waals surface area contributed by atoms with E-state index in [2.05, 4.69) is 4.74 Å². The van der Waals surface area contributed by atoms with E-state index in [1.807, 2.05) is 0 Å². The molecule has 0 aliphatic heterocycles. The maximum absolute atomic E-state index is 12.3. The molecule has 1 atom stereocenters. The van der Waals surface area contributed by atoms with Crippen molar-refractivity contribution in [1.82, 2.24) is 0 Å². The molecule has 0 aromatic heterocycles. The molecule has 1 unspecified atom stereocenters. The molecule has 0 radical (unpaired) electrons. The quantitative estimate of drug-likeness (QED) is 0.576. The minimum absolute atomic E-state index is 0.0753. The molecule has 8 heteroatoms. The zero-order valence-corrected chi connectivity index (χ0v) is 10.9. The number of alkyl halides is 6. The van der Waals surface area contributed by atoms with Gasteiger partial charge in [0.15, 0.2) is 0 Å². The van der Waals surface area contributed by atoms with Gasteiger partial charge in [-0.25, -0.2) is 0 Å². The van der Waals surface area contributed by atoms with Gasteiger partial charge in [0.05, 0.1) is 5.41 Å². The van der Waals surface area contributed by atoms with Crippen LogP contribution in [0.15, 0.2) is 0 Å². The van der Waals surface area contributed by atoms with Gasteiger partial charge < -0.3 is 4.74 Å². The highest BCUT2D eigenvalue weighted by molar-refractivity contribution is 5.77. The van der Waals surface area contributed by atoms with Crippen molar-refractivity contribution in [1.29, 1.82) is 0 Å². The first-order valence-electron chi connectivity index (χ1n) is 5.61. The molecule has 0 aromatic carbocycles. The Balaban J connectivity index is 5.24. The first-order chi connectivity index (χ1) is 8.26. The minimum Gasteiger partial charge on any atom is -0.442 e. The van der Waals surface area contributed by atoms with Gasteiger partial charge in [-0.2, -0.15) is 26.3 Å². The zero-order chi connectivity index (χ0) is 15.6. The standard InChI is InChI=1S/C11H16F6O2/c1-5-9(4,6(2)3)8(18)19-7(10(12,13)14)11(15,16)17/h6-7H,5H2,1-4H3. The zero-order valence-electron chi connectivity index (χ0n) is 10.9. The topological polar surface area (TPSA) is 26.3 Å². The van der Waals surface area contributed by atoms with Crippen LogP contribution in [0.4, 0.5) is 26.3 Å². The Morgan fingerprint density at radius 3 is 1.63 bits per heavy atom. The first kappa shape index (κ1) is 18.0. The number of carbonyl (C=O) groups is 1. The fraction of sp³-hybridized carbons (Fsp3) is 0.909. The van der Waals surface area contributed by atoms with Crippen molar-refractivity contribution in [3.8, 4) is 0 Å². The van der Waals surface area contributed by atoms with Crippen molar-refractivity contribution < 1.29 is 35.9 Å². The molecule has 19 heavy (non-hydrogen) atoms. The second-order valence-electron chi connectivity index (χ2n) is 4.79. The minimum atomic E-state index is -5.68. The van der Waals surface area contributed by atoms with Crippen molar-refractivity contribution in [3.63, 3.8) is 0 Å². The van der Waals surface area contributed by atoms with Crippen molar-refractivity contribution in [3.05, 3.63) is 0 Å². The molecule has 0 amide bonds. The van der Waals surface area contributed by atoms with Gasteiger partial charge in [-0.15, -0.1) is 0 Å². The number of hydrogen-bond acceptors (Lipinski definition) is 2. The summed E-state index contributed by atoms with van der Waals surface area (Å²) in [5.74, 6) is -1.95. The highest BCUT2D eigenvalue weighted by atomic mass is 19.4. The maximum Gasteiger partial charge on any atom is 0.434 e. The number of carbonyl (C=O) groups excluding carboxylic acids is 1. The largest absolute Gasteiger partial charge is 0.442 e. The van der Waals surface area contributed by atoms with Gasteiger partial charge in [0.1, 0.15) is 0 Å². The molecule has 0 N–H and O–H groups in total. The van der Waals surface area contributed by atoms with E-state index in [-0.39, 0.29) is 6.42 Å². The second-order valence-corrected chi connectivity index (χ2v) is 4.79. The fourth-order valence-electron chi connectivity index (χ4n) is 1.35. The average Bonchev–Trinajstić information content (AvgIpc) is 2.20. The molecule has 0 bridgehead atoms. The third kappa shape index (κ3) is 4.28. The summed E-state index contributed by atoms with van der Waals surface area (Å²) in [6.07, 6.45) is -15.4. The van der Waals surface area contributed by atoms with Crippen molar-refractivity contribution in [2.45, 2.75) is 52.6 Å². The summed E-state index contributed by atoms with van der Waals surface area (Å²) in [7, 11) is 0. The van der Waals surface area contributed by atoms with E-state index in [4.69, 9.17) is 0 Å². The number of halogens is 6. The third-order valence-electron chi connectivity index (χ3n) is 3.29. The molecule has 0 heterocycles. The predicted octanol–water partition coefficient (Wildman–Crippen LogP) is 4.10. The Morgan fingerprint density at radius 2 is 1.42 bits per heavy atom. The van der Waals surface area contributed by atoms with Crippen molar-refractivity contribution in [2.24, 2.45) is 11.3 Å². The summed E-state index contributed by atoms with van der Waals surface area (Å²) < 4.78 is 77.3. The summed E-state index contributed by atoms with van der Waals surface area (Å²) >= 11 is 0. The summed E-state index contributed by atoms with van der Waals surface area (Å²) in [6, 6.07) is 0. The van der Waals surface area contributed by atoms with E-state index in [1.165, 1.54) is 27.7 Å². The van der Waals surface area contributed by atoms with Crippen LogP contribution >= 0.6 is 0 Å². The van der Waals surface area contributed by atoms with Crippen LogP contribution in [0.5, 0.6) is 0 Å². The molecular formula is C11H16F6O2. The SMILES string of the molecule is CCC(C)(C(=O)OC(C(F)(F)F)C(F)(F)F)C(C)C. The van der Waals surface area contributed by atoms with Gasteiger partial charge in [0, 0.05) is 0 Å². The Bertz CT molecular complexity index is 306. The van der Waals surface area contributed by atoms with Crippen LogP contribution < -0.4 is 0 Å². The number of rotatable bonds is 4. The van der Waals surface area contributed by atoms with E-state index in [0.29, 0.717) is 0 Å². The smallest absolute Gasteiger partial charge is 0.434 e. The lowest BCUT2D eigenvalue weighted by Gasteiger charge is -2.33. The second kappa shape index (κ2) is 5.58.